The Kier molecular flexibility index (Phi) is 7.72. The van der Waals surface area contributed by atoms with Crippen molar-refractivity contribution in [1.82, 2.24) is 0 Å². The summed E-state index contributed by atoms with van der Waals surface area (Å²) in [6.45, 7) is 4.12. The molecule has 0 spiro atoms. The molecular formula is C4H10S5. The predicted molar refractivity (Wildman–Crippen MR) is 59.7 cm³/mol. The Bertz CT molecular complexity index is 54.0. The second-order valence-electron chi connectivity index (χ2n) is 1.46. The smallest absolute Gasteiger partial charge is 0.0556 e. The Labute approximate surface area is 79.3 Å². The molecular weight excluding hydrogens is 208 g/mol. The van der Waals surface area contributed by atoms with Gasteiger partial charge < -0.3 is 0 Å². The highest BCUT2D eigenvalue weighted by Gasteiger charge is 1.98. The monoisotopic (exact) mass is 218 g/mol. The Morgan fingerprint density at radius 2 is 1.33 bits per heavy atom. The molecule has 0 aromatic carbocycles. The van der Waals surface area contributed by atoms with E-state index in [4.69, 9.17) is 0 Å². The average molecular weight is 218 g/mol. The Balaban J connectivity index is 2.91. The zero-order chi connectivity index (χ0) is 7.28. The molecule has 0 nitrogen and oxygen atoms in total. The van der Waals surface area contributed by atoms with Crippen molar-refractivity contribution >= 4 is 56.7 Å². The van der Waals surface area contributed by atoms with E-state index in [2.05, 4.69) is 39.1 Å². The van der Waals surface area contributed by atoms with Gasteiger partial charge in [0.1, 0.15) is 0 Å². The first-order valence-corrected chi connectivity index (χ1v) is 7.12. The van der Waals surface area contributed by atoms with Crippen LogP contribution < -0.4 is 0 Å². The van der Waals surface area contributed by atoms with Gasteiger partial charge in [0.25, 0.3) is 0 Å². The van der Waals surface area contributed by atoms with E-state index in [1.165, 1.54) is 0 Å². The highest BCUT2D eigenvalue weighted by atomic mass is 33.5. The average Bonchev–Trinajstić information content (AvgIpc) is 1.63. The van der Waals surface area contributed by atoms with Crippen molar-refractivity contribution < 1.29 is 0 Å². The maximum Gasteiger partial charge on any atom is 0.0556 e. The normalized spacial score (nSPS) is 17.3. The molecule has 0 rings (SSSR count). The van der Waals surface area contributed by atoms with Gasteiger partial charge in [0.15, 0.2) is 0 Å². The van der Waals surface area contributed by atoms with E-state index in [1.54, 1.807) is 31.4 Å². The standard InChI is InChI=1S/C4H10S5/c1-3(5)7-9-8-4(2)6/h3-6H,1-2H3. The lowest BCUT2D eigenvalue weighted by Crippen LogP contribution is -1.77. The number of rotatable bonds is 4. The summed E-state index contributed by atoms with van der Waals surface area (Å²) in [7, 11) is 5.26. The third kappa shape index (κ3) is 9.75. The molecule has 0 aromatic rings. The van der Waals surface area contributed by atoms with Crippen molar-refractivity contribution in [1.29, 1.82) is 0 Å². The van der Waals surface area contributed by atoms with Crippen LogP contribution in [0.3, 0.4) is 0 Å². The van der Waals surface area contributed by atoms with Crippen LogP contribution >= 0.6 is 56.7 Å². The summed E-state index contributed by atoms with van der Waals surface area (Å²) in [6.07, 6.45) is 0. The Morgan fingerprint density at radius 3 is 1.56 bits per heavy atom. The van der Waals surface area contributed by atoms with Crippen LogP contribution in [0.1, 0.15) is 13.8 Å². The molecule has 0 radical (unpaired) electrons. The molecule has 0 aliphatic carbocycles. The number of thiol groups is 2. The van der Waals surface area contributed by atoms with Crippen LogP contribution in [0.4, 0.5) is 0 Å². The van der Waals surface area contributed by atoms with Crippen molar-refractivity contribution in [3.05, 3.63) is 0 Å². The zero-order valence-electron chi connectivity index (χ0n) is 5.27. The van der Waals surface area contributed by atoms with Gasteiger partial charge in [0.2, 0.25) is 0 Å². The maximum absolute atomic E-state index is 4.20. The molecule has 56 valence electrons. The summed E-state index contributed by atoms with van der Waals surface area (Å²) in [4.78, 5) is 0. The zero-order valence-corrected chi connectivity index (χ0v) is 9.51. The highest BCUT2D eigenvalue weighted by Crippen LogP contribution is 2.41. The van der Waals surface area contributed by atoms with Crippen LogP contribution in [-0.4, -0.2) is 9.16 Å². The van der Waals surface area contributed by atoms with Gasteiger partial charge in [-0.2, -0.15) is 25.3 Å². The number of hydrogen-bond acceptors (Lipinski definition) is 5. The molecule has 2 unspecified atom stereocenters. The molecule has 0 aromatic heterocycles. The lowest BCUT2D eigenvalue weighted by atomic mass is 11.0. The van der Waals surface area contributed by atoms with Gasteiger partial charge in [-0.05, 0) is 23.7 Å². The van der Waals surface area contributed by atoms with E-state index >= 15 is 0 Å². The molecule has 0 saturated carbocycles. The van der Waals surface area contributed by atoms with Crippen LogP contribution in [0.2, 0.25) is 0 Å². The summed E-state index contributed by atoms with van der Waals surface area (Å²) in [5.41, 5.74) is 0. The summed E-state index contributed by atoms with van der Waals surface area (Å²) in [6, 6.07) is 0. The van der Waals surface area contributed by atoms with Gasteiger partial charge in [0.05, 0.1) is 9.16 Å². The minimum absolute atomic E-state index is 0.412. The van der Waals surface area contributed by atoms with E-state index in [0.29, 0.717) is 9.16 Å². The second kappa shape index (κ2) is 6.46. The van der Waals surface area contributed by atoms with E-state index < -0.39 is 0 Å². The lowest BCUT2D eigenvalue weighted by molar-refractivity contribution is 1.45. The predicted octanol–water partition coefficient (Wildman–Crippen LogP) is 3.57. The van der Waals surface area contributed by atoms with Gasteiger partial charge in [-0.15, -0.1) is 0 Å². The molecule has 0 aliphatic rings. The van der Waals surface area contributed by atoms with Crippen LogP contribution in [-0.2, 0) is 0 Å². The largest absolute Gasteiger partial charge is 0.164 e. The molecule has 0 heterocycles. The molecule has 0 saturated heterocycles. The van der Waals surface area contributed by atoms with E-state index in [9.17, 15) is 0 Å². The minimum Gasteiger partial charge on any atom is -0.164 e. The summed E-state index contributed by atoms with van der Waals surface area (Å²) < 4.78 is 0.823. The van der Waals surface area contributed by atoms with Gasteiger partial charge in [-0.25, -0.2) is 0 Å². The van der Waals surface area contributed by atoms with Gasteiger partial charge in [-0.3, -0.25) is 0 Å². The summed E-state index contributed by atoms with van der Waals surface area (Å²) in [5.74, 6) is 0. The minimum atomic E-state index is 0.412. The fourth-order valence-electron chi connectivity index (χ4n) is 0.136. The molecule has 5 heteroatoms. The quantitative estimate of drug-likeness (QED) is 0.421. The van der Waals surface area contributed by atoms with Gasteiger partial charge in [-0.1, -0.05) is 21.6 Å². The summed E-state index contributed by atoms with van der Waals surface area (Å²) >= 11 is 8.41. The fraction of sp³-hybridized carbons (Fsp3) is 1.00. The fourth-order valence-corrected chi connectivity index (χ4v) is 5.58. The summed E-state index contributed by atoms with van der Waals surface area (Å²) in [5, 5.41) is 0. The SMILES string of the molecule is CC(S)SSSC(C)S. The maximum atomic E-state index is 4.20. The lowest BCUT2D eigenvalue weighted by Gasteiger charge is -2.03. The van der Waals surface area contributed by atoms with Crippen molar-refractivity contribution in [3.63, 3.8) is 0 Å². The molecule has 0 N–H and O–H groups in total. The molecule has 0 bridgehead atoms. The molecule has 0 fully saturated rings. The van der Waals surface area contributed by atoms with E-state index in [0.717, 1.165) is 0 Å². The molecule has 0 amide bonds. The molecule has 2 atom stereocenters. The third-order valence-corrected chi connectivity index (χ3v) is 6.18. The van der Waals surface area contributed by atoms with E-state index in [-0.39, 0.29) is 0 Å². The van der Waals surface area contributed by atoms with Gasteiger partial charge in [0, 0.05) is 0 Å². The van der Waals surface area contributed by atoms with Crippen molar-refractivity contribution in [2.45, 2.75) is 23.0 Å². The van der Waals surface area contributed by atoms with Crippen LogP contribution in [0.15, 0.2) is 0 Å². The second-order valence-corrected chi connectivity index (χ2v) is 8.43. The van der Waals surface area contributed by atoms with Crippen LogP contribution in [0.25, 0.3) is 0 Å². The Morgan fingerprint density at radius 1 is 1.00 bits per heavy atom. The first-order valence-electron chi connectivity index (χ1n) is 2.48. The van der Waals surface area contributed by atoms with Crippen molar-refractivity contribution in [2.75, 3.05) is 0 Å². The molecule has 9 heavy (non-hydrogen) atoms. The third-order valence-electron chi connectivity index (χ3n) is 0.357. The first kappa shape index (κ1) is 10.8. The van der Waals surface area contributed by atoms with E-state index in [1.807, 2.05) is 0 Å². The van der Waals surface area contributed by atoms with Gasteiger partial charge >= 0.3 is 0 Å². The first-order chi connectivity index (χ1) is 4.13. The topological polar surface area (TPSA) is 0 Å². The van der Waals surface area contributed by atoms with Crippen molar-refractivity contribution in [2.24, 2.45) is 0 Å². The Hall–Kier alpha value is 1.75. The highest BCUT2D eigenvalue weighted by molar-refractivity contribution is 9.10. The van der Waals surface area contributed by atoms with Crippen LogP contribution in [0.5, 0.6) is 0 Å². The number of hydrogen-bond donors (Lipinski definition) is 2. The van der Waals surface area contributed by atoms with Crippen LogP contribution in [0, 0.1) is 0 Å². The molecule has 0 aliphatic heterocycles. The van der Waals surface area contributed by atoms with Crippen molar-refractivity contribution in [3.8, 4) is 0 Å².